The van der Waals surface area contributed by atoms with E-state index >= 15 is 0 Å². The standard InChI is InChI=1S/C20H30FN3O9/c1-4-5-6-7-30-20(29)23-16-11(21)8-24(19(28)22-16)17-15(13(26)10(3)31-17)33-18-14(27)12(25)9(2)32-18/h8-10,12-15,17-18,25-27H,4-7H2,1-3H3,(H,22,23,28,29)/t9-,10-,12+,13+,14+,15+,17-,18+/m1/s1. The topological polar surface area (TPSA) is 162 Å². The van der Waals surface area contributed by atoms with Crippen LogP contribution in [-0.4, -0.2) is 80.5 Å². The molecule has 3 rings (SSSR count). The van der Waals surface area contributed by atoms with Crippen LogP contribution >= 0.6 is 0 Å². The fraction of sp³-hybridized carbons (Fsp3) is 0.750. The molecule has 1 amide bonds. The number of ether oxygens (including phenoxy) is 4. The van der Waals surface area contributed by atoms with Gasteiger partial charge in [-0.25, -0.2) is 14.0 Å². The van der Waals surface area contributed by atoms with E-state index in [2.05, 4.69) is 10.3 Å². The lowest BCUT2D eigenvalue weighted by molar-refractivity contribution is -0.216. The molecule has 0 bridgehead atoms. The smallest absolute Gasteiger partial charge is 0.412 e. The van der Waals surface area contributed by atoms with Crippen LogP contribution in [0.15, 0.2) is 11.0 Å². The van der Waals surface area contributed by atoms with E-state index in [0.717, 1.165) is 23.6 Å². The van der Waals surface area contributed by atoms with E-state index in [0.29, 0.717) is 6.42 Å². The zero-order valence-corrected chi connectivity index (χ0v) is 18.6. The molecule has 0 unspecified atom stereocenters. The van der Waals surface area contributed by atoms with Crippen LogP contribution in [0, 0.1) is 5.82 Å². The summed E-state index contributed by atoms with van der Waals surface area (Å²) >= 11 is 0. The molecule has 4 N–H and O–H groups in total. The molecule has 12 nitrogen and oxygen atoms in total. The van der Waals surface area contributed by atoms with Crippen molar-refractivity contribution in [2.24, 2.45) is 0 Å². The Morgan fingerprint density at radius 1 is 1.18 bits per heavy atom. The predicted octanol–water partition coefficient (Wildman–Crippen LogP) is 0.251. The summed E-state index contributed by atoms with van der Waals surface area (Å²) in [7, 11) is 0. The summed E-state index contributed by atoms with van der Waals surface area (Å²) in [5.74, 6) is -1.66. The Bertz CT molecular complexity index is 885. The maximum absolute atomic E-state index is 14.6. The lowest BCUT2D eigenvalue weighted by Gasteiger charge is -2.26. The van der Waals surface area contributed by atoms with Gasteiger partial charge in [-0.1, -0.05) is 19.8 Å². The van der Waals surface area contributed by atoms with Gasteiger partial charge in [0.05, 0.1) is 25.0 Å². The first-order chi connectivity index (χ1) is 15.6. The average Bonchev–Trinajstić information content (AvgIpc) is 3.18. The molecule has 0 radical (unpaired) electrons. The van der Waals surface area contributed by atoms with Gasteiger partial charge in [-0.3, -0.25) is 9.88 Å². The van der Waals surface area contributed by atoms with E-state index in [-0.39, 0.29) is 6.61 Å². The normalized spacial score (nSPS) is 33.9. The minimum absolute atomic E-state index is 0.144. The van der Waals surface area contributed by atoms with Crippen LogP contribution < -0.4 is 11.0 Å². The second kappa shape index (κ2) is 10.8. The first kappa shape index (κ1) is 25.5. The lowest BCUT2D eigenvalue weighted by atomic mass is 10.1. The minimum atomic E-state index is -1.40. The van der Waals surface area contributed by atoms with Crippen molar-refractivity contribution in [3.05, 3.63) is 22.5 Å². The molecule has 0 spiro atoms. The molecule has 0 saturated carbocycles. The van der Waals surface area contributed by atoms with Crippen LogP contribution in [0.2, 0.25) is 0 Å². The quantitative estimate of drug-likeness (QED) is 0.384. The molecule has 3 heterocycles. The van der Waals surface area contributed by atoms with E-state index in [1.165, 1.54) is 13.8 Å². The van der Waals surface area contributed by atoms with Crippen LogP contribution in [0.4, 0.5) is 15.0 Å². The number of hydrogen-bond acceptors (Lipinski definition) is 10. The van der Waals surface area contributed by atoms with E-state index in [1.807, 2.05) is 6.92 Å². The fourth-order valence-corrected chi connectivity index (χ4v) is 3.63. The third kappa shape index (κ3) is 5.67. The van der Waals surface area contributed by atoms with E-state index in [4.69, 9.17) is 18.9 Å². The Kier molecular flexibility index (Phi) is 8.37. The van der Waals surface area contributed by atoms with Crippen LogP contribution in [0.5, 0.6) is 0 Å². The number of aliphatic hydroxyl groups is 3. The number of aromatic nitrogens is 2. The van der Waals surface area contributed by atoms with Crippen LogP contribution in [0.3, 0.4) is 0 Å². The van der Waals surface area contributed by atoms with Crippen molar-refractivity contribution in [1.82, 2.24) is 9.55 Å². The van der Waals surface area contributed by atoms with E-state index < -0.39 is 72.6 Å². The molecule has 0 aliphatic carbocycles. The largest absolute Gasteiger partial charge is 0.449 e. The monoisotopic (exact) mass is 475 g/mol. The third-order valence-corrected chi connectivity index (χ3v) is 5.59. The number of aliphatic hydroxyl groups excluding tert-OH is 3. The minimum Gasteiger partial charge on any atom is -0.449 e. The van der Waals surface area contributed by atoms with E-state index in [1.54, 1.807) is 0 Å². The molecule has 33 heavy (non-hydrogen) atoms. The van der Waals surface area contributed by atoms with Gasteiger partial charge in [-0.05, 0) is 20.3 Å². The Labute approximate surface area is 189 Å². The molecular formula is C20H30FN3O9. The summed E-state index contributed by atoms with van der Waals surface area (Å²) in [6, 6.07) is 0. The van der Waals surface area contributed by atoms with Crippen molar-refractivity contribution in [1.29, 1.82) is 0 Å². The van der Waals surface area contributed by atoms with Crippen molar-refractivity contribution in [2.75, 3.05) is 11.9 Å². The number of halogens is 1. The van der Waals surface area contributed by atoms with Gasteiger partial charge in [0.1, 0.15) is 24.4 Å². The van der Waals surface area contributed by atoms with Gasteiger partial charge >= 0.3 is 11.8 Å². The number of carbonyl (C=O) groups is 1. The molecule has 0 aromatic carbocycles. The summed E-state index contributed by atoms with van der Waals surface area (Å²) in [5.41, 5.74) is -0.987. The molecule has 2 fully saturated rings. The second-order valence-electron chi connectivity index (χ2n) is 8.11. The Morgan fingerprint density at radius 3 is 2.52 bits per heavy atom. The molecule has 13 heteroatoms. The highest BCUT2D eigenvalue weighted by molar-refractivity contribution is 5.83. The zero-order valence-electron chi connectivity index (χ0n) is 18.6. The number of anilines is 1. The zero-order chi connectivity index (χ0) is 24.3. The maximum Gasteiger partial charge on any atom is 0.412 e. The van der Waals surface area contributed by atoms with Gasteiger partial charge < -0.3 is 34.3 Å². The van der Waals surface area contributed by atoms with Crippen LogP contribution in [0.25, 0.3) is 0 Å². The van der Waals surface area contributed by atoms with Gasteiger partial charge in [0.25, 0.3) is 0 Å². The molecule has 186 valence electrons. The van der Waals surface area contributed by atoms with Crippen molar-refractivity contribution in [3.63, 3.8) is 0 Å². The third-order valence-electron chi connectivity index (χ3n) is 5.59. The average molecular weight is 475 g/mol. The first-order valence-electron chi connectivity index (χ1n) is 10.9. The first-order valence-corrected chi connectivity index (χ1v) is 10.9. The summed E-state index contributed by atoms with van der Waals surface area (Å²) in [6.07, 6.45) is -7.01. The summed E-state index contributed by atoms with van der Waals surface area (Å²) < 4.78 is 36.9. The highest BCUT2D eigenvalue weighted by Crippen LogP contribution is 2.34. The number of hydrogen-bond donors (Lipinski definition) is 4. The maximum atomic E-state index is 14.6. The number of carbonyl (C=O) groups excluding carboxylic acids is 1. The van der Waals surface area contributed by atoms with Gasteiger partial charge in [0.15, 0.2) is 24.2 Å². The number of nitrogens with one attached hydrogen (secondary N) is 1. The number of rotatable bonds is 8. The number of nitrogens with zero attached hydrogens (tertiary/aromatic N) is 2. The molecule has 2 aliphatic heterocycles. The Hall–Kier alpha value is -2.16. The van der Waals surface area contributed by atoms with Crippen molar-refractivity contribution < 1.29 is 43.5 Å². The lowest BCUT2D eigenvalue weighted by Crippen LogP contribution is -2.43. The van der Waals surface area contributed by atoms with Gasteiger partial charge in [0.2, 0.25) is 0 Å². The summed E-state index contributed by atoms with van der Waals surface area (Å²) in [6.45, 7) is 5.18. The second-order valence-corrected chi connectivity index (χ2v) is 8.11. The number of amides is 1. The van der Waals surface area contributed by atoms with Gasteiger partial charge in [-0.2, -0.15) is 4.98 Å². The van der Waals surface area contributed by atoms with Gasteiger partial charge in [-0.15, -0.1) is 0 Å². The van der Waals surface area contributed by atoms with Crippen molar-refractivity contribution in [3.8, 4) is 0 Å². The van der Waals surface area contributed by atoms with Crippen molar-refractivity contribution >= 4 is 11.9 Å². The van der Waals surface area contributed by atoms with E-state index in [9.17, 15) is 29.3 Å². The highest BCUT2D eigenvalue weighted by Gasteiger charge is 2.49. The predicted molar refractivity (Wildman–Crippen MR) is 110 cm³/mol. The summed E-state index contributed by atoms with van der Waals surface area (Å²) in [4.78, 5) is 27.9. The van der Waals surface area contributed by atoms with Crippen LogP contribution in [0.1, 0.15) is 46.3 Å². The Morgan fingerprint density at radius 2 is 1.88 bits per heavy atom. The molecule has 2 saturated heterocycles. The molecular weight excluding hydrogens is 445 g/mol. The molecule has 8 atom stereocenters. The SMILES string of the molecule is CCCCCOC(=O)Nc1nc(=O)n([C@@H]2O[C@H](C)[C@H](O)[C@@H]2O[C@@H]2O[C@H](C)[C@H](O)[C@@H]2O)cc1F. The van der Waals surface area contributed by atoms with Crippen molar-refractivity contribution in [2.45, 2.75) is 89.2 Å². The highest BCUT2D eigenvalue weighted by atomic mass is 19.1. The molecule has 2 aliphatic rings. The molecule has 1 aromatic heterocycles. The Balaban J connectivity index is 1.74. The van der Waals surface area contributed by atoms with Gasteiger partial charge in [0, 0.05) is 0 Å². The fourth-order valence-electron chi connectivity index (χ4n) is 3.63. The number of unbranched alkanes of at least 4 members (excludes halogenated alkanes) is 2. The summed E-state index contributed by atoms with van der Waals surface area (Å²) in [5, 5.41) is 32.5. The van der Waals surface area contributed by atoms with Crippen LogP contribution in [-0.2, 0) is 18.9 Å². The molecule has 1 aromatic rings.